The molecule has 2 rings (SSSR count). The van der Waals surface area contributed by atoms with Gasteiger partial charge in [0.25, 0.3) is 5.91 Å². The van der Waals surface area contributed by atoms with Crippen LogP contribution in [0.25, 0.3) is 0 Å². The smallest absolute Gasteiger partial charge is 0.344 e. The quantitative estimate of drug-likeness (QED) is 0.771. The van der Waals surface area contributed by atoms with Gasteiger partial charge in [0.15, 0.2) is 13.2 Å². The number of amides is 1. The average molecular weight is 321 g/mol. The maximum Gasteiger partial charge on any atom is 0.344 e. The van der Waals surface area contributed by atoms with Crippen LogP contribution in [0.2, 0.25) is 0 Å². The van der Waals surface area contributed by atoms with Crippen LogP contribution in [0.4, 0.5) is 0 Å². The molecule has 0 saturated carbocycles. The summed E-state index contributed by atoms with van der Waals surface area (Å²) in [6.07, 6.45) is 2.04. The van der Waals surface area contributed by atoms with Crippen molar-refractivity contribution in [3.8, 4) is 5.75 Å². The second-order valence-corrected chi connectivity index (χ2v) is 5.63. The molecular weight excluding hydrogens is 298 g/mol. The highest BCUT2D eigenvalue weighted by atomic mass is 16.6. The molecule has 0 radical (unpaired) electrons. The number of rotatable bonds is 7. The molecule has 0 unspecified atom stereocenters. The molecule has 1 amide bonds. The summed E-state index contributed by atoms with van der Waals surface area (Å²) < 4.78 is 15.6. The Morgan fingerprint density at radius 1 is 1.26 bits per heavy atom. The van der Waals surface area contributed by atoms with E-state index >= 15 is 0 Å². The van der Waals surface area contributed by atoms with Crippen molar-refractivity contribution >= 4 is 11.9 Å². The van der Waals surface area contributed by atoms with Crippen LogP contribution in [0, 0.1) is 13.8 Å². The minimum atomic E-state index is -0.574. The summed E-state index contributed by atoms with van der Waals surface area (Å²) in [5, 5.41) is 2.69. The third kappa shape index (κ3) is 5.90. The van der Waals surface area contributed by atoms with E-state index in [4.69, 9.17) is 14.2 Å². The van der Waals surface area contributed by atoms with Crippen molar-refractivity contribution in [2.75, 3.05) is 26.4 Å². The number of nitrogens with one attached hydrogen (secondary N) is 1. The standard InChI is InChI=1S/C17H23NO5/c1-12-5-6-14(8-13(12)2)22-11-17(20)23-10-16(19)18-9-15-4-3-7-21-15/h5-6,8,15H,3-4,7,9-11H2,1-2H3,(H,18,19)/t15-/m0/s1. The molecule has 1 aliphatic heterocycles. The zero-order valence-corrected chi connectivity index (χ0v) is 13.6. The summed E-state index contributed by atoms with van der Waals surface area (Å²) in [5.74, 6) is -0.302. The van der Waals surface area contributed by atoms with E-state index in [1.54, 1.807) is 6.07 Å². The predicted molar refractivity (Wildman–Crippen MR) is 84.4 cm³/mol. The number of aryl methyl sites for hydroxylation is 2. The second kappa shape index (κ2) is 8.53. The lowest BCUT2D eigenvalue weighted by Crippen LogP contribution is -2.35. The first-order chi connectivity index (χ1) is 11.0. The Kier molecular flexibility index (Phi) is 6.40. The number of hydrogen-bond donors (Lipinski definition) is 1. The van der Waals surface area contributed by atoms with Crippen LogP contribution >= 0.6 is 0 Å². The van der Waals surface area contributed by atoms with E-state index in [0.29, 0.717) is 12.3 Å². The molecule has 1 heterocycles. The van der Waals surface area contributed by atoms with Crippen molar-refractivity contribution in [2.24, 2.45) is 0 Å². The molecule has 1 aromatic carbocycles. The zero-order valence-electron chi connectivity index (χ0n) is 13.6. The van der Waals surface area contributed by atoms with Crippen LogP contribution < -0.4 is 10.1 Å². The summed E-state index contributed by atoms with van der Waals surface area (Å²) in [5.41, 5.74) is 2.24. The fourth-order valence-corrected chi connectivity index (χ4v) is 2.22. The van der Waals surface area contributed by atoms with Gasteiger partial charge in [-0.25, -0.2) is 4.79 Å². The highest BCUT2D eigenvalue weighted by Crippen LogP contribution is 2.16. The Hall–Kier alpha value is -2.08. The summed E-state index contributed by atoms with van der Waals surface area (Å²) >= 11 is 0. The lowest BCUT2D eigenvalue weighted by molar-refractivity contribution is -0.150. The molecule has 1 aromatic rings. The molecule has 1 fully saturated rings. The number of hydrogen-bond acceptors (Lipinski definition) is 5. The molecule has 6 heteroatoms. The molecular formula is C17H23NO5. The van der Waals surface area contributed by atoms with Gasteiger partial charge in [0, 0.05) is 13.2 Å². The van der Waals surface area contributed by atoms with Crippen molar-refractivity contribution < 1.29 is 23.8 Å². The average Bonchev–Trinajstić information content (AvgIpc) is 3.05. The van der Waals surface area contributed by atoms with E-state index in [1.807, 2.05) is 26.0 Å². The molecule has 0 bridgehead atoms. The highest BCUT2D eigenvalue weighted by molar-refractivity contribution is 5.80. The van der Waals surface area contributed by atoms with E-state index in [1.165, 1.54) is 0 Å². The lowest BCUT2D eigenvalue weighted by atomic mass is 10.1. The fraction of sp³-hybridized carbons (Fsp3) is 0.529. The van der Waals surface area contributed by atoms with Gasteiger partial charge in [-0.2, -0.15) is 0 Å². The van der Waals surface area contributed by atoms with Gasteiger partial charge in [0.05, 0.1) is 6.10 Å². The molecule has 1 N–H and O–H groups in total. The van der Waals surface area contributed by atoms with Gasteiger partial charge in [-0.1, -0.05) is 6.07 Å². The monoisotopic (exact) mass is 321 g/mol. The van der Waals surface area contributed by atoms with Gasteiger partial charge in [0.1, 0.15) is 5.75 Å². The summed E-state index contributed by atoms with van der Waals surface area (Å²) in [7, 11) is 0. The molecule has 126 valence electrons. The van der Waals surface area contributed by atoms with E-state index in [9.17, 15) is 9.59 Å². The normalized spacial score (nSPS) is 16.9. The minimum absolute atomic E-state index is 0.0720. The molecule has 1 atom stereocenters. The van der Waals surface area contributed by atoms with Crippen LogP contribution in [0.3, 0.4) is 0 Å². The van der Waals surface area contributed by atoms with Gasteiger partial charge >= 0.3 is 5.97 Å². The van der Waals surface area contributed by atoms with E-state index in [0.717, 1.165) is 30.6 Å². The second-order valence-electron chi connectivity index (χ2n) is 5.63. The van der Waals surface area contributed by atoms with Crippen LogP contribution in [-0.2, 0) is 19.1 Å². The number of ether oxygens (including phenoxy) is 3. The Morgan fingerprint density at radius 2 is 2.09 bits per heavy atom. The van der Waals surface area contributed by atoms with E-state index in [-0.39, 0.29) is 25.2 Å². The number of carbonyl (C=O) groups is 2. The third-order valence-corrected chi connectivity index (χ3v) is 3.75. The molecule has 6 nitrogen and oxygen atoms in total. The minimum Gasteiger partial charge on any atom is -0.482 e. The molecule has 1 aliphatic rings. The first kappa shape index (κ1) is 17.3. The Labute approximate surface area is 136 Å². The van der Waals surface area contributed by atoms with Crippen LogP contribution in [0.15, 0.2) is 18.2 Å². The van der Waals surface area contributed by atoms with Crippen molar-refractivity contribution in [1.29, 1.82) is 0 Å². The SMILES string of the molecule is Cc1ccc(OCC(=O)OCC(=O)NC[C@@H]2CCCO2)cc1C. The Balaban J connectivity index is 1.62. The van der Waals surface area contributed by atoms with E-state index in [2.05, 4.69) is 5.32 Å². The molecule has 1 saturated heterocycles. The first-order valence-electron chi connectivity index (χ1n) is 7.78. The van der Waals surface area contributed by atoms with Crippen molar-refractivity contribution in [3.63, 3.8) is 0 Å². The topological polar surface area (TPSA) is 73.9 Å². The fourth-order valence-electron chi connectivity index (χ4n) is 2.22. The molecule has 0 aliphatic carbocycles. The van der Waals surface area contributed by atoms with Gasteiger partial charge < -0.3 is 19.5 Å². The Bertz CT molecular complexity index is 552. The van der Waals surface area contributed by atoms with Gasteiger partial charge in [-0.3, -0.25) is 4.79 Å². The van der Waals surface area contributed by atoms with Gasteiger partial charge in [-0.15, -0.1) is 0 Å². The van der Waals surface area contributed by atoms with Crippen molar-refractivity contribution in [1.82, 2.24) is 5.32 Å². The van der Waals surface area contributed by atoms with Crippen LogP contribution in [0.5, 0.6) is 5.75 Å². The van der Waals surface area contributed by atoms with Gasteiger partial charge in [-0.05, 0) is 49.9 Å². The lowest BCUT2D eigenvalue weighted by Gasteiger charge is -2.11. The van der Waals surface area contributed by atoms with Crippen LogP contribution in [-0.4, -0.2) is 44.3 Å². The summed E-state index contributed by atoms with van der Waals surface area (Å²) in [4.78, 5) is 23.2. The van der Waals surface area contributed by atoms with Crippen LogP contribution in [0.1, 0.15) is 24.0 Å². The predicted octanol–water partition coefficient (Wildman–Crippen LogP) is 1.52. The van der Waals surface area contributed by atoms with Crippen molar-refractivity contribution in [2.45, 2.75) is 32.8 Å². The molecule has 0 spiro atoms. The summed E-state index contributed by atoms with van der Waals surface area (Å²) in [6, 6.07) is 5.58. The summed E-state index contributed by atoms with van der Waals surface area (Å²) in [6.45, 7) is 4.64. The van der Waals surface area contributed by atoms with Crippen molar-refractivity contribution in [3.05, 3.63) is 29.3 Å². The highest BCUT2D eigenvalue weighted by Gasteiger charge is 2.16. The van der Waals surface area contributed by atoms with E-state index < -0.39 is 5.97 Å². The maximum atomic E-state index is 11.6. The van der Waals surface area contributed by atoms with Gasteiger partial charge in [0.2, 0.25) is 0 Å². The number of benzene rings is 1. The zero-order chi connectivity index (χ0) is 16.7. The largest absolute Gasteiger partial charge is 0.482 e. The number of esters is 1. The number of carbonyl (C=O) groups excluding carboxylic acids is 2. The first-order valence-corrected chi connectivity index (χ1v) is 7.78. The molecule has 0 aromatic heterocycles. The maximum absolute atomic E-state index is 11.6. The Morgan fingerprint density at radius 3 is 2.78 bits per heavy atom. The molecule has 23 heavy (non-hydrogen) atoms. The third-order valence-electron chi connectivity index (χ3n) is 3.75.